The van der Waals surface area contributed by atoms with Crippen LogP contribution < -0.4 is 0 Å². The maximum absolute atomic E-state index is 10.4. The van der Waals surface area contributed by atoms with Crippen LogP contribution in [0.15, 0.2) is 0 Å². The lowest BCUT2D eigenvalue weighted by Gasteiger charge is -2.39. The average Bonchev–Trinajstić information content (AvgIpc) is 2.84. The summed E-state index contributed by atoms with van der Waals surface area (Å²) < 4.78 is 54.0. The van der Waals surface area contributed by atoms with Crippen molar-refractivity contribution in [1.29, 1.82) is 5.41 Å². The van der Waals surface area contributed by atoms with Crippen LogP contribution in [0.1, 0.15) is 138 Å². The van der Waals surface area contributed by atoms with Crippen molar-refractivity contribution >= 4 is 31.0 Å². The molecule has 12 nitrogen and oxygen atoms in total. The molecule has 0 amide bonds. The fraction of sp³-hybridized carbons (Fsp3) is 0.970. The zero-order valence-corrected chi connectivity index (χ0v) is 36.3. The van der Waals surface area contributed by atoms with Gasteiger partial charge < -0.3 is 34.0 Å². The molecule has 0 fully saturated rings. The molecule has 0 aliphatic heterocycles. The van der Waals surface area contributed by atoms with Crippen LogP contribution in [0.5, 0.6) is 0 Å². The molecule has 0 aliphatic carbocycles. The fourth-order valence-electron chi connectivity index (χ4n) is 3.72. The molecular weight excluding hydrogens is 676 g/mol. The highest BCUT2D eigenvalue weighted by Gasteiger charge is 2.24. The zero-order chi connectivity index (χ0) is 39.6. The van der Waals surface area contributed by atoms with Crippen LogP contribution in [0, 0.1) is 11.3 Å². The maximum atomic E-state index is 10.4. The Bertz CT molecular complexity index is 916. The minimum absolute atomic E-state index is 0. The Hall–Kier alpha value is -0.200. The van der Waals surface area contributed by atoms with E-state index >= 15 is 0 Å². The molecule has 0 aromatic heterocycles. The van der Waals surface area contributed by atoms with E-state index in [1.165, 1.54) is 71.6 Å². The summed E-state index contributed by atoms with van der Waals surface area (Å²) >= 11 is 0. The third kappa shape index (κ3) is 47.9. The molecule has 0 aromatic carbocycles. The van der Waals surface area contributed by atoms with Crippen LogP contribution in [-0.4, -0.2) is 111 Å². The number of nitrogens with zero attached hydrogens (tertiary/aromatic N) is 2. The monoisotopic (exact) mass is 761 g/mol. The second-order valence-corrected chi connectivity index (χ2v) is 19.2. The molecule has 15 heteroatoms. The Kier molecular flexibility index (Phi) is 42.8. The lowest BCUT2D eigenvalue weighted by Crippen LogP contribution is -2.52. The maximum Gasteiger partial charge on any atom is 0.328 e. The van der Waals surface area contributed by atoms with E-state index in [1.54, 1.807) is 13.8 Å². The summed E-state index contributed by atoms with van der Waals surface area (Å²) in [4.78, 5) is 27.4. The topological polar surface area (TPSA) is 186 Å². The Morgan fingerprint density at radius 1 is 0.792 bits per heavy atom. The highest BCUT2D eigenvalue weighted by molar-refractivity contribution is 7.86. The van der Waals surface area contributed by atoms with E-state index in [4.69, 9.17) is 24.6 Å². The summed E-state index contributed by atoms with van der Waals surface area (Å²) in [5.41, 5.74) is 0.252. The molecular formula is C33H84N3O9P2S+. The minimum atomic E-state index is -3.74. The van der Waals surface area contributed by atoms with E-state index < -0.39 is 36.2 Å². The number of hydrogen-bond donors (Lipinski definition) is 5. The van der Waals surface area contributed by atoms with E-state index in [-0.39, 0.29) is 13.5 Å². The molecule has 0 bridgehead atoms. The van der Waals surface area contributed by atoms with Crippen molar-refractivity contribution in [2.75, 3.05) is 39.4 Å². The van der Waals surface area contributed by atoms with Crippen LogP contribution >= 0.6 is 15.2 Å². The molecule has 1 unspecified atom stereocenters. The smallest absolute Gasteiger partial charge is 0.324 e. The molecule has 0 aromatic rings. The third-order valence-electron chi connectivity index (χ3n) is 6.92. The summed E-state index contributed by atoms with van der Waals surface area (Å²) in [6, 6.07) is 1.49. The molecule has 0 saturated heterocycles. The first-order valence-electron chi connectivity index (χ1n) is 16.9. The van der Waals surface area contributed by atoms with E-state index in [9.17, 15) is 17.5 Å². The summed E-state index contributed by atoms with van der Waals surface area (Å²) in [6.07, 6.45) is 0.774. The van der Waals surface area contributed by atoms with Gasteiger partial charge in [-0.3, -0.25) is 13.7 Å². The van der Waals surface area contributed by atoms with Crippen LogP contribution in [0.3, 0.4) is 0 Å². The molecule has 300 valence electrons. The van der Waals surface area contributed by atoms with Gasteiger partial charge in [0.2, 0.25) is 0 Å². The molecule has 0 aliphatic rings. The van der Waals surface area contributed by atoms with Gasteiger partial charge in [-0.2, -0.15) is 8.42 Å². The molecule has 0 saturated carbocycles. The summed E-state index contributed by atoms with van der Waals surface area (Å²) in [6.45, 7) is 43.0. The van der Waals surface area contributed by atoms with Crippen LogP contribution in [0.2, 0.25) is 0 Å². The second kappa shape index (κ2) is 32.7. The first-order valence-corrected chi connectivity index (χ1v) is 22.1. The number of quaternary nitrogens is 1. The Labute approximate surface area is 299 Å². The lowest BCUT2D eigenvalue weighted by molar-refractivity contribution is -0.943. The fourth-order valence-corrected chi connectivity index (χ4v) is 4.51. The van der Waals surface area contributed by atoms with Gasteiger partial charge in [0.15, 0.2) is 0 Å². The van der Waals surface area contributed by atoms with Gasteiger partial charge in [0.25, 0.3) is 10.1 Å². The first-order chi connectivity index (χ1) is 20.8. The van der Waals surface area contributed by atoms with Gasteiger partial charge >= 0.3 is 15.2 Å². The van der Waals surface area contributed by atoms with Crippen molar-refractivity contribution < 1.29 is 45.8 Å². The molecule has 0 heterocycles. The predicted octanol–water partition coefficient (Wildman–Crippen LogP) is 8.80. The highest BCUT2D eigenvalue weighted by atomic mass is 32.2. The van der Waals surface area contributed by atoms with Gasteiger partial charge in [0.1, 0.15) is 0 Å². The summed E-state index contributed by atoms with van der Waals surface area (Å²) in [5.74, 6) is 0.650. The van der Waals surface area contributed by atoms with Gasteiger partial charge in [0, 0.05) is 18.4 Å². The van der Waals surface area contributed by atoms with Crippen molar-refractivity contribution in [2.45, 2.75) is 168 Å². The van der Waals surface area contributed by atoms with Gasteiger partial charge in [0.05, 0.1) is 42.7 Å². The number of hydrogen-bond acceptors (Lipinski definition) is 7. The molecule has 1 atom stereocenters. The standard InChI is InChI=1S/C9H22N.C7H17N.C6H13N.C4H11O3P.C3H9O3P.C3H8O3S.CH4/c1-6-10(7-2,8-3)9(4)5;1-5-8(6-2)7(3)4;1-5(2)4-6(3)7;1-4(2)7-8(3,5)6;2*1-3(2)7(4,5)6;/h9H,6-8H2,1-5H3;7H,5-6H2,1-4H3;5,7H,4H2,1-3H3;4H,1-3H3,(H,5,6);3H,1-2H3,(H2,4,5,6);3H,1-2H3,(H,4,5,6);1H4/q+1;;;;;;. The van der Waals surface area contributed by atoms with Crippen molar-refractivity contribution in [2.24, 2.45) is 5.92 Å². The minimum Gasteiger partial charge on any atom is -0.324 e. The molecule has 0 radical (unpaired) electrons. The SMILES string of the molecule is C.CC(=N)CC(C)C.CC(C)OP(C)(=O)O.CC(C)P(=O)(O)O.CC(C)S(=O)(=O)O.CCN(CC)C(C)C.CC[N+](CC)(CC)C(C)C. The van der Waals surface area contributed by atoms with E-state index in [2.05, 4.69) is 85.6 Å². The van der Waals surface area contributed by atoms with E-state index in [1.807, 2.05) is 6.92 Å². The molecule has 0 spiro atoms. The van der Waals surface area contributed by atoms with Crippen molar-refractivity contribution in [3.8, 4) is 0 Å². The Morgan fingerprint density at radius 3 is 1.08 bits per heavy atom. The summed E-state index contributed by atoms with van der Waals surface area (Å²) in [7, 11) is -10.7. The van der Waals surface area contributed by atoms with Gasteiger partial charge in [-0.1, -0.05) is 49.0 Å². The van der Waals surface area contributed by atoms with Gasteiger partial charge in [-0.25, -0.2) is 0 Å². The summed E-state index contributed by atoms with van der Waals surface area (Å²) in [5, 5.41) is 6.35. The Morgan fingerprint density at radius 2 is 1.08 bits per heavy atom. The molecule has 0 rings (SSSR count). The van der Waals surface area contributed by atoms with Gasteiger partial charge in [-0.05, 0) is 109 Å². The van der Waals surface area contributed by atoms with Gasteiger partial charge in [-0.15, -0.1) is 0 Å². The van der Waals surface area contributed by atoms with Crippen LogP contribution in [-0.2, 0) is 23.8 Å². The highest BCUT2D eigenvalue weighted by Crippen LogP contribution is 2.40. The largest absolute Gasteiger partial charge is 0.328 e. The van der Waals surface area contributed by atoms with Crippen molar-refractivity contribution in [3.05, 3.63) is 0 Å². The average molecular weight is 761 g/mol. The molecule has 48 heavy (non-hydrogen) atoms. The first kappa shape index (κ1) is 62.9. The third-order valence-corrected chi connectivity index (χ3v) is 10.3. The number of nitrogens with one attached hydrogen (secondary N) is 1. The predicted molar refractivity (Wildman–Crippen MR) is 210 cm³/mol. The number of rotatable bonds is 13. The Balaban J connectivity index is -0.0000000841. The second-order valence-electron chi connectivity index (χ2n) is 13.2. The van der Waals surface area contributed by atoms with Crippen molar-refractivity contribution in [3.63, 3.8) is 0 Å². The quantitative estimate of drug-likeness (QED) is 0.0526. The molecule has 5 N–H and O–H groups in total. The van der Waals surface area contributed by atoms with Crippen LogP contribution in [0.25, 0.3) is 0 Å². The van der Waals surface area contributed by atoms with Crippen molar-refractivity contribution in [1.82, 2.24) is 4.90 Å². The lowest BCUT2D eigenvalue weighted by atomic mass is 10.1. The van der Waals surface area contributed by atoms with E-state index in [0.29, 0.717) is 12.0 Å². The van der Waals surface area contributed by atoms with Crippen LogP contribution in [0.4, 0.5) is 0 Å². The zero-order valence-electron chi connectivity index (χ0n) is 33.7. The normalized spacial score (nSPS) is 12.7. The van der Waals surface area contributed by atoms with E-state index in [0.717, 1.165) is 18.2 Å².